The van der Waals surface area contributed by atoms with Crippen molar-refractivity contribution in [3.63, 3.8) is 0 Å². The minimum Gasteiger partial charge on any atom is -0.492 e. The maximum Gasteiger partial charge on any atom is 0.266 e. The summed E-state index contributed by atoms with van der Waals surface area (Å²) in [6.07, 6.45) is 0. The highest BCUT2D eigenvalue weighted by molar-refractivity contribution is 8.14. The van der Waals surface area contributed by atoms with E-state index in [1.165, 1.54) is 6.92 Å². The first-order chi connectivity index (χ1) is 6.79. The molecule has 0 bridgehead atoms. The molecule has 84 valence electrons. The minimum atomic E-state index is -4.15. The third-order valence-electron chi connectivity index (χ3n) is 1.76. The highest BCUT2D eigenvalue weighted by Crippen LogP contribution is 2.37. The highest BCUT2D eigenvalue weighted by atomic mass is 35.7. The number of hydrogen-bond acceptors (Lipinski definition) is 3. The normalized spacial score (nSPS) is 11.5. The number of aryl methyl sites for hydroxylation is 1. The van der Waals surface area contributed by atoms with Gasteiger partial charge in [0.15, 0.2) is 11.6 Å². The molecule has 0 N–H and O–H groups in total. The average Bonchev–Trinajstić information content (AvgIpc) is 2.08. The van der Waals surface area contributed by atoms with Crippen LogP contribution in [-0.2, 0) is 9.05 Å². The Morgan fingerprint density at radius 1 is 1.47 bits per heavy atom. The number of benzene rings is 1. The van der Waals surface area contributed by atoms with Crippen LogP contribution in [0, 0.1) is 12.7 Å². The van der Waals surface area contributed by atoms with Gasteiger partial charge in [0.05, 0.1) is 12.1 Å². The van der Waals surface area contributed by atoms with Crippen LogP contribution in [0.1, 0.15) is 5.56 Å². The van der Waals surface area contributed by atoms with Crippen LogP contribution in [0.15, 0.2) is 11.0 Å². The molecule has 0 aliphatic heterocycles. The Morgan fingerprint density at radius 2 is 2.00 bits per heavy atom. The average molecular weight is 273 g/mol. The van der Waals surface area contributed by atoms with Gasteiger partial charge in [-0.2, -0.15) is 0 Å². The summed E-state index contributed by atoms with van der Waals surface area (Å²) in [6, 6.07) is 1.08. The molecule has 0 heterocycles. The SMILES string of the molecule is COc1c(F)cc(C)c(Cl)c1S(=O)(=O)Cl. The second-order valence-electron chi connectivity index (χ2n) is 2.79. The predicted octanol–water partition coefficient (Wildman–Crippen LogP) is 2.72. The molecule has 0 saturated carbocycles. The monoisotopic (exact) mass is 272 g/mol. The Kier molecular flexibility index (Phi) is 3.48. The lowest BCUT2D eigenvalue weighted by atomic mass is 10.2. The molecule has 0 atom stereocenters. The minimum absolute atomic E-state index is 0.136. The van der Waals surface area contributed by atoms with Gasteiger partial charge < -0.3 is 4.74 Å². The summed E-state index contributed by atoms with van der Waals surface area (Å²) in [7, 11) is 2.12. The standard InChI is InChI=1S/C8H7Cl2FO3S/c1-4-3-5(11)7(14-2)8(6(4)9)15(10,12)13/h3H,1-2H3. The topological polar surface area (TPSA) is 43.4 Å². The molecule has 0 aromatic heterocycles. The summed E-state index contributed by atoms with van der Waals surface area (Å²) in [5.41, 5.74) is 0.272. The van der Waals surface area contributed by atoms with Gasteiger partial charge in [-0.1, -0.05) is 11.6 Å². The molecule has 0 spiro atoms. The maximum absolute atomic E-state index is 13.3. The van der Waals surface area contributed by atoms with Crippen molar-refractivity contribution in [3.8, 4) is 5.75 Å². The summed E-state index contributed by atoms with van der Waals surface area (Å²) in [5.74, 6) is -1.29. The van der Waals surface area contributed by atoms with Crippen molar-refractivity contribution in [1.29, 1.82) is 0 Å². The molecule has 0 aliphatic carbocycles. The van der Waals surface area contributed by atoms with E-state index in [-0.39, 0.29) is 10.6 Å². The van der Waals surface area contributed by atoms with Gasteiger partial charge in [0, 0.05) is 10.7 Å². The summed E-state index contributed by atoms with van der Waals surface area (Å²) in [5, 5.41) is -0.136. The molecule has 1 rings (SSSR count). The van der Waals surface area contributed by atoms with Crippen LogP contribution in [0.5, 0.6) is 5.75 Å². The summed E-state index contributed by atoms with van der Waals surface area (Å²) >= 11 is 5.72. The van der Waals surface area contributed by atoms with E-state index in [0.29, 0.717) is 0 Å². The van der Waals surface area contributed by atoms with Crippen molar-refractivity contribution >= 4 is 31.3 Å². The molecule has 0 saturated heterocycles. The van der Waals surface area contributed by atoms with Crippen LogP contribution >= 0.6 is 22.3 Å². The van der Waals surface area contributed by atoms with Crippen LogP contribution in [0.2, 0.25) is 5.02 Å². The summed E-state index contributed by atoms with van der Waals surface area (Å²) in [6.45, 7) is 1.47. The summed E-state index contributed by atoms with van der Waals surface area (Å²) < 4.78 is 40.3. The van der Waals surface area contributed by atoms with Crippen molar-refractivity contribution < 1.29 is 17.5 Å². The Balaban J connectivity index is 3.74. The number of methoxy groups -OCH3 is 1. The van der Waals surface area contributed by atoms with Crippen LogP contribution in [-0.4, -0.2) is 15.5 Å². The molecule has 1 aromatic rings. The zero-order valence-electron chi connectivity index (χ0n) is 7.84. The van der Waals surface area contributed by atoms with Crippen molar-refractivity contribution in [2.75, 3.05) is 7.11 Å². The van der Waals surface area contributed by atoms with E-state index >= 15 is 0 Å². The Hall–Kier alpha value is -0.520. The van der Waals surface area contributed by atoms with Crippen LogP contribution in [0.3, 0.4) is 0 Å². The van der Waals surface area contributed by atoms with E-state index in [2.05, 4.69) is 4.74 Å². The van der Waals surface area contributed by atoms with Gasteiger partial charge in [0.2, 0.25) is 0 Å². The fraction of sp³-hybridized carbons (Fsp3) is 0.250. The number of hydrogen-bond donors (Lipinski definition) is 0. The third kappa shape index (κ3) is 2.35. The van der Waals surface area contributed by atoms with Crippen LogP contribution in [0.4, 0.5) is 4.39 Å². The number of rotatable bonds is 2. The number of halogens is 3. The first-order valence-corrected chi connectivity index (χ1v) is 6.45. The van der Waals surface area contributed by atoms with E-state index in [1.807, 2.05) is 0 Å². The second-order valence-corrected chi connectivity index (χ2v) is 5.67. The van der Waals surface area contributed by atoms with Gasteiger partial charge in [0.25, 0.3) is 9.05 Å². The fourth-order valence-electron chi connectivity index (χ4n) is 1.11. The predicted molar refractivity (Wildman–Crippen MR) is 55.7 cm³/mol. The molecule has 0 radical (unpaired) electrons. The lowest BCUT2D eigenvalue weighted by Gasteiger charge is -2.10. The number of ether oxygens (including phenoxy) is 1. The van der Waals surface area contributed by atoms with E-state index in [0.717, 1.165) is 13.2 Å². The largest absolute Gasteiger partial charge is 0.492 e. The van der Waals surface area contributed by atoms with Gasteiger partial charge in [-0.05, 0) is 18.6 Å². The van der Waals surface area contributed by atoms with Gasteiger partial charge in [-0.3, -0.25) is 0 Å². The van der Waals surface area contributed by atoms with Gasteiger partial charge in [-0.15, -0.1) is 0 Å². The van der Waals surface area contributed by atoms with Crippen LogP contribution < -0.4 is 4.74 Å². The van der Waals surface area contributed by atoms with E-state index in [4.69, 9.17) is 22.3 Å². The third-order valence-corrected chi connectivity index (χ3v) is 3.70. The van der Waals surface area contributed by atoms with Gasteiger partial charge >= 0.3 is 0 Å². The Bertz CT molecular complexity index is 499. The quantitative estimate of drug-likeness (QED) is 0.778. The molecule has 0 amide bonds. The van der Waals surface area contributed by atoms with Crippen LogP contribution in [0.25, 0.3) is 0 Å². The zero-order valence-corrected chi connectivity index (χ0v) is 10.2. The van der Waals surface area contributed by atoms with Crippen molar-refractivity contribution in [2.24, 2.45) is 0 Å². The molecule has 15 heavy (non-hydrogen) atoms. The van der Waals surface area contributed by atoms with Crippen molar-refractivity contribution in [3.05, 3.63) is 22.5 Å². The molecule has 1 aromatic carbocycles. The molecule has 7 heteroatoms. The lowest BCUT2D eigenvalue weighted by Crippen LogP contribution is -2.01. The molecule has 0 fully saturated rings. The molecule has 0 unspecified atom stereocenters. The van der Waals surface area contributed by atoms with Crippen molar-refractivity contribution in [2.45, 2.75) is 11.8 Å². The molecule has 0 aliphatic rings. The zero-order chi connectivity index (χ0) is 11.8. The first-order valence-electron chi connectivity index (χ1n) is 3.76. The van der Waals surface area contributed by atoms with Gasteiger partial charge in [-0.25, -0.2) is 12.8 Å². The smallest absolute Gasteiger partial charge is 0.266 e. The van der Waals surface area contributed by atoms with Crippen molar-refractivity contribution in [1.82, 2.24) is 0 Å². The maximum atomic E-state index is 13.3. The van der Waals surface area contributed by atoms with E-state index < -0.39 is 25.5 Å². The molecule has 3 nitrogen and oxygen atoms in total. The molecular weight excluding hydrogens is 266 g/mol. The second kappa shape index (κ2) is 4.15. The summed E-state index contributed by atoms with van der Waals surface area (Å²) in [4.78, 5) is -0.536. The first kappa shape index (κ1) is 12.5. The fourth-order valence-corrected chi connectivity index (χ4v) is 2.90. The van der Waals surface area contributed by atoms with E-state index in [9.17, 15) is 12.8 Å². The Morgan fingerprint density at radius 3 is 2.40 bits per heavy atom. The Labute approximate surface area is 96.2 Å². The highest BCUT2D eigenvalue weighted by Gasteiger charge is 2.25. The van der Waals surface area contributed by atoms with Gasteiger partial charge in [0.1, 0.15) is 4.90 Å². The lowest BCUT2D eigenvalue weighted by molar-refractivity contribution is 0.374. The molecular formula is C8H7Cl2FO3S. The van der Waals surface area contributed by atoms with E-state index in [1.54, 1.807) is 0 Å².